The van der Waals surface area contributed by atoms with Crippen molar-refractivity contribution in [3.63, 3.8) is 0 Å². The number of ether oxygens (including phenoxy) is 1. The van der Waals surface area contributed by atoms with Crippen molar-refractivity contribution in [2.45, 2.75) is 11.4 Å². The maximum atomic E-state index is 12.3. The van der Waals surface area contributed by atoms with Crippen molar-refractivity contribution in [3.8, 4) is 5.75 Å². The molecule has 126 valence electrons. The van der Waals surface area contributed by atoms with E-state index >= 15 is 0 Å². The molecule has 0 aliphatic carbocycles. The number of para-hydroxylation sites is 1. The van der Waals surface area contributed by atoms with Crippen LogP contribution in [0.15, 0.2) is 63.8 Å². The summed E-state index contributed by atoms with van der Waals surface area (Å²) in [6.45, 7) is 0. The van der Waals surface area contributed by atoms with Crippen LogP contribution in [0.4, 0.5) is 5.69 Å². The van der Waals surface area contributed by atoms with Crippen LogP contribution < -0.4 is 15.1 Å². The molecule has 4 rings (SSSR count). The number of benzene rings is 2. The van der Waals surface area contributed by atoms with E-state index in [0.717, 1.165) is 0 Å². The summed E-state index contributed by atoms with van der Waals surface area (Å²) in [5, 5.41) is -0.273. The summed E-state index contributed by atoms with van der Waals surface area (Å²) in [5.41, 5.74) is 0.987. The highest BCUT2D eigenvalue weighted by molar-refractivity contribution is 6.37. The maximum absolute atomic E-state index is 12.3. The summed E-state index contributed by atoms with van der Waals surface area (Å²) < 4.78 is 11.0. The van der Waals surface area contributed by atoms with E-state index in [2.05, 4.69) is 0 Å². The molecular formula is C19H14ClNO4. The number of amides is 1. The second kappa shape index (κ2) is 5.93. The minimum Gasteiger partial charge on any atom is -0.497 e. The molecule has 0 bridgehead atoms. The van der Waals surface area contributed by atoms with E-state index in [1.54, 1.807) is 55.6 Å². The first-order chi connectivity index (χ1) is 12.1. The van der Waals surface area contributed by atoms with E-state index in [-0.39, 0.29) is 11.3 Å². The molecule has 1 aromatic heterocycles. The Morgan fingerprint density at radius 3 is 2.52 bits per heavy atom. The monoisotopic (exact) mass is 355 g/mol. The summed E-state index contributed by atoms with van der Waals surface area (Å²) in [6, 6.07) is 14.9. The molecule has 2 atom stereocenters. The first-order valence-corrected chi connectivity index (χ1v) is 8.18. The zero-order chi connectivity index (χ0) is 17.6. The van der Waals surface area contributed by atoms with E-state index in [4.69, 9.17) is 20.8 Å². The van der Waals surface area contributed by atoms with E-state index in [1.807, 2.05) is 0 Å². The second-order valence-electron chi connectivity index (χ2n) is 5.76. The molecule has 1 fully saturated rings. The Balaban J connectivity index is 1.77. The van der Waals surface area contributed by atoms with Gasteiger partial charge < -0.3 is 9.15 Å². The summed E-state index contributed by atoms with van der Waals surface area (Å²) in [5.74, 6) is 0.833. The Labute approximate surface area is 148 Å². The second-order valence-corrected chi connectivity index (χ2v) is 6.23. The molecule has 6 heteroatoms. The fourth-order valence-corrected chi connectivity index (χ4v) is 3.37. The number of halogens is 1. The molecule has 0 unspecified atom stereocenters. The van der Waals surface area contributed by atoms with Gasteiger partial charge in [0.25, 0.3) is 0 Å². The number of rotatable bonds is 3. The molecular weight excluding hydrogens is 342 g/mol. The Hall–Kier alpha value is -2.79. The van der Waals surface area contributed by atoms with Crippen molar-refractivity contribution >= 4 is 34.2 Å². The third-order valence-corrected chi connectivity index (χ3v) is 4.75. The van der Waals surface area contributed by atoms with Gasteiger partial charge in [0.05, 0.1) is 12.5 Å². The fourth-order valence-electron chi connectivity index (χ4n) is 3.02. The van der Waals surface area contributed by atoms with Gasteiger partial charge in [0.15, 0.2) is 5.43 Å². The van der Waals surface area contributed by atoms with Crippen LogP contribution in [0, 0.1) is 0 Å². The third-order valence-electron chi connectivity index (χ3n) is 4.32. The molecule has 1 aliphatic rings. The van der Waals surface area contributed by atoms with Crippen LogP contribution in [0.25, 0.3) is 11.0 Å². The average molecular weight is 356 g/mol. The fraction of sp³-hybridized carbons (Fsp3) is 0.158. The first kappa shape index (κ1) is 15.7. The largest absolute Gasteiger partial charge is 0.497 e. The minimum atomic E-state index is -0.772. The molecule has 0 radical (unpaired) electrons. The number of hydrogen-bond acceptors (Lipinski definition) is 4. The van der Waals surface area contributed by atoms with Gasteiger partial charge in [-0.05, 0) is 36.4 Å². The van der Waals surface area contributed by atoms with E-state index < -0.39 is 11.4 Å². The lowest BCUT2D eigenvalue weighted by Gasteiger charge is -2.43. The predicted molar refractivity (Wildman–Crippen MR) is 95.3 cm³/mol. The van der Waals surface area contributed by atoms with E-state index in [9.17, 15) is 9.59 Å². The quantitative estimate of drug-likeness (QED) is 0.533. The highest BCUT2D eigenvalue weighted by Crippen LogP contribution is 2.42. The predicted octanol–water partition coefficient (Wildman–Crippen LogP) is 3.50. The molecule has 2 aromatic carbocycles. The smallest absolute Gasteiger partial charge is 0.248 e. The summed E-state index contributed by atoms with van der Waals surface area (Å²) in [6.07, 6.45) is 0. The number of anilines is 1. The van der Waals surface area contributed by atoms with Gasteiger partial charge in [0.1, 0.15) is 28.5 Å². The van der Waals surface area contributed by atoms with Crippen molar-refractivity contribution < 1.29 is 13.9 Å². The van der Waals surface area contributed by atoms with Crippen molar-refractivity contribution in [1.29, 1.82) is 0 Å². The molecule has 0 spiro atoms. The molecule has 1 aliphatic heterocycles. The topological polar surface area (TPSA) is 59.8 Å². The van der Waals surface area contributed by atoms with Crippen molar-refractivity contribution in [3.05, 3.63) is 70.6 Å². The Kier molecular flexibility index (Phi) is 3.73. The number of nitrogens with zero attached hydrogens (tertiary/aromatic N) is 1. The molecule has 5 nitrogen and oxygen atoms in total. The van der Waals surface area contributed by atoms with Gasteiger partial charge >= 0.3 is 0 Å². The van der Waals surface area contributed by atoms with Crippen molar-refractivity contribution in [1.82, 2.24) is 0 Å². The standard InChI is InChI=1S/C19H14ClNO4/c1-24-12-8-6-11(7-9-12)21-18(17(20)19(21)23)16-10-14(22)13-4-2-3-5-15(13)25-16/h2-10,17-18H,1H3/t17-,18-/m1/s1. The lowest BCUT2D eigenvalue weighted by Crippen LogP contribution is -2.56. The lowest BCUT2D eigenvalue weighted by molar-refractivity contribution is -0.124. The minimum absolute atomic E-state index is 0.158. The van der Waals surface area contributed by atoms with Gasteiger partial charge in [0.2, 0.25) is 5.91 Å². The normalized spacial score (nSPS) is 19.8. The highest BCUT2D eigenvalue weighted by atomic mass is 35.5. The van der Waals surface area contributed by atoms with E-state index in [0.29, 0.717) is 28.2 Å². The Morgan fingerprint density at radius 1 is 1.08 bits per heavy atom. The van der Waals surface area contributed by atoms with Crippen LogP contribution in [-0.2, 0) is 4.79 Å². The van der Waals surface area contributed by atoms with Gasteiger partial charge in [-0.1, -0.05) is 12.1 Å². The van der Waals surface area contributed by atoms with Gasteiger partial charge in [0, 0.05) is 11.8 Å². The lowest BCUT2D eigenvalue weighted by atomic mass is 9.96. The molecule has 0 saturated carbocycles. The average Bonchev–Trinajstić information content (AvgIpc) is 2.65. The van der Waals surface area contributed by atoms with Crippen LogP contribution in [-0.4, -0.2) is 18.4 Å². The summed E-state index contributed by atoms with van der Waals surface area (Å²) in [7, 11) is 1.57. The zero-order valence-electron chi connectivity index (χ0n) is 13.3. The summed E-state index contributed by atoms with van der Waals surface area (Å²) >= 11 is 6.23. The molecule has 25 heavy (non-hydrogen) atoms. The first-order valence-electron chi connectivity index (χ1n) is 7.74. The third kappa shape index (κ3) is 2.48. The number of carbonyl (C=O) groups is 1. The molecule has 3 aromatic rings. The van der Waals surface area contributed by atoms with Crippen LogP contribution in [0.3, 0.4) is 0 Å². The number of methoxy groups -OCH3 is 1. The molecule has 2 heterocycles. The van der Waals surface area contributed by atoms with E-state index in [1.165, 1.54) is 11.0 Å². The number of β-lactam (4-membered cyclic amide) rings is 1. The van der Waals surface area contributed by atoms with Gasteiger partial charge in [-0.25, -0.2) is 0 Å². The summed E-state index contributed by atoms with van der Waals surface area (Å²) in [4.78, 5) is 26.2. The van der Waals surface area contributed by atoms with Crippen LogP contribution in [0.2, 0.25) is 0 Å². The maximum Gasteiger partial charge on any atom is 0.248 e. The zero-order valence-corrected chi connectivity index (χ0v) is 14.1. The van der Waals surface area contributed by atoms with Crippen molar-refractivity contribution in [2.24, 2.45) is 0 Å². The van der Waals surface area contributed by atoms with Crippen molar-refractivity contribution in [2.75, 3.05) is 12.0 Å². The number of fused-ring (bicyclic) bond motifs is 1. The highest BCUT2D eigenvalue weighted by Gasteiger charge is 2.49. The Morgan fingerprint density at radius 2 is 1.80 bits per heavy atom. The SMILES string of the molecule is COc1ccc(N2C(=O)[C@H](Cl)[C@H]2c2cc(=O)c3ccccc3o2)cc1. The molecule has 1 saturated heterocycles. The number of alkyl halides is 1. The molecule has 1 amide bonds. The van der Waals surface area contributed by atoms with Crippen LogP contribution in [0.1, 0.15) is 11.8 Å². The van der Waals surface area contributed by atoms with Crippen LogP contribution >= 0.6 is 11.6 Å². The van der Waals surface area contributed by atoms with Gasteiger partial charge in [-0.15, -0.1) is 11.6 Å². The molecule has 0 N–H and O–H groups in total. The Bertz CT molecular complexity index is 1010. The van der Waals surface area contributed by atoms with Gasteiger partial charge in [-0.3, -0.25) is 14.5 Å². The number of hydrogen-bond donors (Lipinski definition) is 0. The number of carbonyl (C=O) groups excluding carboxylic acids is 1. The van der Waals surface area contributed by atoms with Gasteiger partial charge in [-0.2, -0.15) is 0 Å². The van der Waals surface area contributed by atoms with Crippen LogP contribution in [0.5, 0.6) is 5.75 Å².